The van der Waals surface area contributed by atoms with Crippen molar-refractivity contribution in [2.75, 3.05) is 0 Å². The lowest BCUT2D eigenvalue weighted by Crippen LogP contribution is -2.43. The molecule has 1 aromatic heterocycles. The molecule has 0 spiro atoms. The van der Waals surface area contributed by atoms with Gasteiger partial charge in [-0.25, -0.2) is 0 Å². The molecule has 0 aliphatic carbocycles. The van der Waals surface area contributed by atoms with Gasteiger partial charge in [0, 0.05) is 9.15 Å². The Hall–Kier alpha value is -0.493. The molecule has 0 nitrogen and oxygen atoms in total. The van der Waals surface area contributed by atoms with Gasteiger partial charge >= 0.3 is 0 Å². The second-order valence-electron chi connectivity index (χ2n) is 8.44. The Morgan fingerprint density at radius 3 is 1.86 bits per heavy atom. The lowest BCUT2D eigenvalue weighted by atomic mass is 10.1. The zero-order valence-electron chi connectivity index (χ0n) is 19.0. The summed E-state index contributed by atoms with van der Waals surface area (Å²) in [6.07, 6.45) is 4.54. The van der Waals surface area contributed by atoms with Crippen molar-refractivity contribution in [2.45, 2.75) is 97.7 Å². The fourth-order valence-corrected chi connectivity index (χ4v) is 11.1. The Morgan fingerprint density at radius 1 is 0.893 bits per heavy atom. The fraction of sp³-hybridized carbons (Fsp3) is 0.600. The number of thiophene rings is 1. The van der Waals surface area contributed by atoms with E-state index in [4.69, 9.17) is 0 Å². The summed E-state index contributed by atoms with van der Waals surface area (Å²) < 4.78 is 1.42. The molecule has 154 valence electrons. The average Bonchev–Trinajstić information content (AvgIpc) is 3.06. The first-order chi connectivity index (χ1) is 13.2. The van der Waals surface area contributed by atoms with Crippen molar-refractivity contribution >= 4 is 42.0 Å². The van der Waals surface area contributed by atoms with Crippen molar-refractivity contribution in [3.8, 4) is 23.3 Å². The Labute approximate surface area is 193 Å². The third kappa shape index (κ3) is 6.79. The van der Waals surface area contributed by atoms with Gasteiger partial charge < -0.3 is 0 Å². The van der Waals surface area contributed by atoms with E-state index < -0.39 is 8.07 Å². The van der Waals surface area contributed by atoms with E-state index in [2.05, 4.69) is 113 Å². The van der Waals surface area contributed by atoms with Gasteiger partial charge in [-0.2, -0.15) is 0 Å². The summed E-state index contributed by atoms with van der Waals surface area (Å²) >= 11 is 4.22. The molecule has 0 aliphatic heterocycles. The second kappa shape index (κ2) is 12.3. The third-order valence-electron chi connectivity index (χ3n) is 5.51. The molecule has 1 rings (SSSR count). The summed E-state index contributed by atoms with van der Waals surface area (Å²) in [5.74, 6) is 10.4. The van der Waals surface area contributed by atoms with Crippen molar-refractivity contribution in [3.05, 3.63) is 31.0 Å². The molecule has 0 aromatic carbocycles. The van der Waals surface area contributed by atoms with E-state index in [1.165, 1.54) is 15.6 Å². The first-order valence-electron chi connectivity index (χ1n) is 10.7. The first kappa shape index (κ1) is 25.5. The predicted octanol–water partition coefficient (Wildman–Crippen LogP) is 8.96. The van der Waals surface area contributed by atoms with Crippen LogP contribution in [0.4, 0.5) is 0 Å². The zero-order valence-corrected chi connectivity index (χ0v) is 23.0. The number of hydrogen-bond donors (Lipinski definition) is 0. The number of hydrogen-bond acceptors (Lipinski definition) is 1. The molecule has 0 radical (unpaired) electrons. The summed E-state index contributed by atoms with van der Waals surface area (Å²) in [6.45, 7) is 18.7. The molecule has 0 saturated heterocycles. The summed E-state index contributed by atoms with van der Waals surface area (Å²) in [5, 5.41) is 0. The van der Waals surface area contributed by atoms with E-state index in [0.29, 0.717) is 16.6 Å². The van der Waals surface area contributed by atoms with E-state index in [-0.39, 0.29) is 0 Å². The van der Waals surface area contributed by atoms with Crippen LogP contribution in [0.1, 0.15) is 90.8 Å². The highest BCUT2D eigenvalue weighted by atomic mass is 127. The summed E-state index contributed by atoms with van der Waals surface area (Å²) in [5.41, 5.74) is 7.14. The molecule has 0 unspecified atom stereocenters. The van der Waals surface area contributed by atoms with Crippen LogP contribution in [0.15, 0.2) is 21.3 Å². The van der Waals surface area contributed by atoms with Crippen molar-refractivity contribution in [3.63, 3.8) is 0 Å². The van der Waals surface area contributed by atoms with Crippen LogP contribution in [0.3, 0.4) is 0 Å². The van der Waals surface area contributed by atoms with Gasteiger partial charge in [0.25, 0.3) is 0 Å². The Kier molecular flexibility index (Phi) is 11.2. The molecular weight excluding hydrogens is 487 g/mol. The van der Waals surface area contributed by atoms with E-state index in [9.17, 15) is 0 Å². The van der Waals surface area contributed by atoms with E-state index in [0.717, 1.165) is 29.0 Å². The summed E-state index contributed by atoms with van der Waals surface area (Å²) in [4.78, 5) is 2.29. The van der Waals surface area contributed by atoms with E-state index in [1.807, 2.05) is 0 Å². The van der Waals surface area contributed by atoms with Crippen LogP contribution >= 0.6 is 33.9 Å². The van der Waals surface area contributed by atoms with Gasteiger partial charge in [-0.1, -0.05) is 86.0 Å². The Balaban J connectivity index is 3.16. The molecule has 0 N–H and O–H groups in total. The maximum atomic E-state index is 3.82. The van der Waals surface area contributed by atoms with E-state index >= 15 is 0 Å². The van der Waals surface area contributed by atoms with Gasteiger partial charge in [-0.3, -0.25) is 0 Å². The Bertz CT molecular complexity index is 753. The second-order valence-corrected chi connectivity index (χ2v) is 16.4. The molecule has 0 amide bonds. The molecule has 0 saturated carbocycles. The van der Waals surface area contributed by atoms with Crippen LogP contribution < -0.4 is 0 Å². The molecule has 0 aliphatic rings. The van der Waals surface area contributed by atoms with Crippen LogP contribution in [0.25, 0.3) is 0 Å². The van der Waals surface area contributed by atoms with Crippen molar-refractivity contribution in [2.24, 2.45) is 0 Å². The summed E-state index contributed by atoms with van der Waals surface area (Å²) in [7, 11) is -1.67. The van der Waals surface area contributed by atoms with Crippen LogP contribution in [-0.2, 0) is 0 Å². The molecule has 28 heavy (non-hydrogen) atoms. The topological polar surface area (TPSA) is 0 Å². The number of rotatable bonds is 7. The third-order valence-corrected chi connectivity index (χ3v) is 13.9. The largest absolute Gasteiger partial charge is 0.146 e. The van der Waals surface area contributed by atoms with Crippen LogP contribution in [0.5, 0.6) is 0 Å². The highest BCUT2D eigenvalue weighted by molar-refractivity contribution is 14.1. The van der Waals surface area contributed by atoms with Gasteiger partial charge in [0.2, 0.25) is 0 Å². The predicted molar refractivity (Wildman–Crippen MR) is 140 cm³/mol. The van der Waals surface area contributed by atoms with Gasteiger partial charge in [0.1, 0.15) is 8.07 Å². The van der Waals surface area contributed by atoms with Crippen LogP contribution in [-0.4, -0.2) is 8.07 Å². The van der Waals surface area contributed by atoms with Gasteiger partial charge in [0.15, 0.2) is 0 Å². The van der Waals surface area contributed by atoms with Crippen molar-refractivity contribution < 1.29 is 0 Å². The molecule has 3 heteroatoms. The highest BCUT2D eigenvalue weighted by Gasteiger charge is 2.41. The quantitative estimate of drug-likeness (QED) is 0.190. The van der Waals surface area contributed by atoms with E-state index in [1.54, 1.807) is 11.3 Å². The normalized spacial score (nSPS) is 12.6. The number of allylic oxidation sites excluding steroid dienone is 2. The zero-order chi connectivity index (χ0) is 21.3. The Morgan fingerprint density at radius 2 is 1.39 bits per heavy atom. The average molecular weight is 525 g/mol. The van der Waals surface area contributed by atoms with Crippen LogP contribution in [0.2, 0.25) is 16.6 Å². The molecule has 0 fully saturated rings. The first-order valence-corrected chi connectivity index (χ1v) is 14.8. The number of halogens is 1. The SMILES string of the molecule is CCC/C(I)=C(/C#Cc1ccc(C#C[Si](C(C)C)(C(C)C)C(C)C)s1)CCC. The van der Waals surface area contributed by atoms with Gasteiger partial charge in [-0.15, -0.1) is 16.9 Å². The molecular formula is C25H37ISSi. The minimum atomic E-state index is -1.67. The van der Waals surface area contributed by atoms with Crippen molar-refractivity contribution in [1.29, 1.82) is 0 Å². The smallest absolute Gasteiger partial charge is 0.124 e. The fourth-order valence-electron chi connectivity index (χ4n) is 4.10. The maximum Gasteiger partial charge on any atom is 0.146 e. The molecule has 0 bridgehead atoms. The minimum absolute atomic E-state index is 0.668. The summed E-state index contributed by atoms with van der Waals surface area (Å²) in [6, 6.07) is 4.29. The molecule has 1 heterocycles. The maximum absolute atomic E-state index is 3.82. The van der Waals surface area contributed by atoms with Gasteiger partial charge in [0.05, 0.1) is 9.75 Å². The monoisotopic (exact) mass is 524 g/mol. The van der Waals surface area contributed by atoms with Gasteiger partial charge in [-0.05, 0) is 64.2 Å². The lowest BCUT2D eigenvalue weighted by molar-refractivity contribution is 0.838. The van der Waals surface area contributed by atoms with Crippen molar-refractivity contribution in [1.82, 2.24) is 0 Å². The molecule has 0 atom stereocenters. The minimum Gasteiger partial charge on any atom is -0.124 e. The standard InChI is InChI=1S/C25H37ISSi/c1-9-11-22(25(26)12-10-2)13-14-23-15-16-24(27-23)17-18-28(19(3)4,20(5)6)21(7)8/h15-16,19-21H,9-12H2,1-8H3/b25-22-. The lowest BCUT2D eigenvalue weighted by Gasteiger charge is -2.38. The highest BCUT2D eigenvalue weighted by Crippen LogP contribution is 2.40. The van der Waals surface area contributed by atoms with Crippen LogP contribution in [0, 0.1) is 23.3 Å². The molecule has 1 aromatic rings.